The third-order valence-electron chi connectivity index (χ3n) is 3.74. The van der Waals surface area contributed by atoms with Crippen molar-refractivity contribution >= 4 is 17.6 Å². The second kappa shape index (κ2) is 4.14. The summed E-state index contributed by atoms with van der Waals surface area (Å²) in [5, 5.41) is 13.0. The van der Waals surface area contributed by atoms with Gasteiger partial charge in [-0.25, -0.2) is 4.79 Å². The Hall–Kier alpha value is -2.21. The largest absolute Gasteiger partial charge is 0.475 e. The van der Waals surface area contributed by atoms with Crippen LogP contribution in [-0.4, -0.2) is 22.0 Å². The van der Waals surface area contributed by atoms with Crippen LogP contribution >= 0.6 is 11.6 Å². The molecule has 2 aromatic rings. The molecule has 4 rings (SSSR count). The molecule has 0 unspecified atom stereocenters. The summed E-state index contributed by atoms with van der Waals surface area (Å²) >= 11 is 6.22. The molecule has 0 bridgehead atoms. The van der Waals surface area contributed by atoms with Gasteiger partial charge in [0.15, 0.2) is 11.5 Å². The molecule has 0 atom stereocenters. The van der Waals surface area contributed by atoms with E-state index in [2.05, 4.69) is 5.16 Å². The van der Waals surface area contributed by atoms with E-state index in [1.165, 1.54) is 6.07 Å². The van der Waals surface area contributed by atoms with Crippen LogP contribution in [0.15, 0.2) is 22.7 Å². The van der Waals surface area contributed by atoms with E-state index >= 15 is 0 Å². The molecular formula is C14H10ClNO5. The predicted molar refractivity (Wildman–Crippen MR) is 71.7 cm³/mol. The first-order valence-electron chi connectivity index (χ1n) is 6.48. The van der Waals surface area contributed by atoms with Crippen molar-refractivity contribution in [3.05, 3.63) is 29.0 Å². The van der Waals surface area contributed by atoms with Crippen LogP contribution in [0.25, 0.3) is 11.3 Å². The highest BCUT2D eigenvalue weighted by molar-refractivity contribution is 6.33. The summed E-state index contributed by atoms with van der Waals surface area (Å²) in [5.74, 6) is -0.770. The Morgan fingerprint density at radius 1 is 1.24 bits per heavy atom. The Kier molecular flexibility index (Phi) is 2.47. The summed E-state index contributed by atoms with van der Waals surface area (Å²) < 4.78 is 16.4. The molecular weight excluding hydrogens is 298 g/mol. The molecule has 108 valence electrons. The van der Waals surface area contributed by atoms with Crippen LogP contribution in [0, 0.1) is 0 Å². The van der Waals surface area contributed by atoms with E-state index in [0.29, 0.717) is 27.8 Å². The maximum absolute atomic E-state index is 10.8. The fourth-order valence-corrected chi connectivity index (χ4v) is 2.74. The molecule has 2 aliphatic rings. The molecule has 7 heteroatoms. The lowest BCUT2D eigenvalue weighted by atomic mass is 9.91. The average Bonchev–Trinajstić information content (AvgIpc) is 3.00. The van der Waals surface area contributed by atoms with E-state index in [-0.39, 0.29) is 5.76 Å². The lowest BCUT2D eigenvalue weighted by Gasteiger charge is -2.35. The summed E-state index contributed by atoms with van der Waals surface area (Å²) in [6, 6.07) is 4.69. The molecule has 0 radical (unpaired) electrons. The first-order valence-corrected chi connectivity index (χ1v) is 6.86. The summed E-state index contributed by atoms with van der Waals surface area (Å²) in [6.45, 7) is 0. The number of nitrogens with zero attached hydrogens (tertiary/aromatic N) is 1. The summed E-state index contributed by atoms with van der Waals surface area (Å²) in [4.78, 5) is 10.8. The van der Waals surface area contributed by atoms with Gasteiger partial charge >= 0.3 is 5.97 Å². The molecule has 1 aliphatic carbocycles. The Morgan fingerprint density at radius 3 is 2.52 bits per heavy atom. The second-order valence-corrected chi connectivity index (χ2v) is 5.54. The number of aromatic carboxylic acids is 1. The first-order chi connectivity index (χ1) is 10.1. The lowest BCUT2D eigenvalue weighted by molar-refractivity contribution is -0.138. The van der Waals surface area contributed by atoms with Crippen LogP contribution in [0.2, 0.25) is 5.02 Å². The number of hydrogen-bond acceptors (Lipinski definition) is 5. The number of carboxylic acids is 1. The Balaban J connectivity index is 1.74. The highest BCUT2D eigenvalue weighted by Crippen LogP contribution is 2.50. The highest BCUT2D eigenvalue weighted by Gasteiger charge is 2.47. The number of carboxylic acid groups (broad SMARTS) is 1. The minimum Gasteiger partial charge on any atom is -0.475 e. The molecule has 1 fully saturated rings. The number of benzene rings is 1. The highest BCUT2D eigenvalue weighted by atomic mass is 35.5. The van der Waals surface area contributed by atoms with Crippen LogP contribution < -0.4 is 9.47 Å². The molecule has 1 aromatic heterocycles. The first kappa shape index (κ1) is 12.5. The maximum atomic E-state index is 10.8. The van der Waals surface area contributed by atoms with Gasteiger partial charge in [0.1, 0.15) is 5.69 Å². The van der Waals surface area contributed by atoms with Crippen molar-refractivity contribution in [1.29, 1.82) is 0 Å². The van der Waals surface area contributed by atoms with E-state index in [9.17, 15) is 4.79 Å². The zero-order chi connectivity index (χ0) is 14.6. The normalized spacial score (nSPS) is 17.8. The van der Waals surface area contributed by atoms with E-state index in [0.717, 1.165) is 19.3 Å². The van der Waals surface area contributed by atoms with Crippen molar-refractivity contribution in [3.63, 3.8) is 0 Å². The van der Waals surface area contributed by atoms with Gasteiger partial charge in [0.05, 0.1) is 5.02 Å². The molecule has 2 heterocycles. The number of aromatic nitrogens is 1. The van der Waals surface area contributed by atoms with E-state index < -0.39 is 11.8 Å². The maximum Gasteiger partial charge on any atom is 0.374 e. The zero-order valence-electron chi connectivity index (χ0n) is 10.8. The summed E-state index contributed by atoms with van der Waals surface area (Å²) in [5.41, 5.74) is 0.894. The monoisotopic (exact) mass is 307 g/mol. The van der Waals surface area contributed by atoms with Crippen LogP contribution in [0.4, 0.5) is 0 Å². The van der Waals surface area contributed by atoms with Gasteiger partial charge in [-0.1, -0.05) is 16.8 Å². The molecule has 6 nitrogen and oxygen atoms in total. The molecule has 21 heavy (non-hydrogen) atoms. The van der Waals surface area contributed by atoms with Gasteiger partial charge in [-0.05, 0) is 12.5 Å². The van der Waals surface area contributed by atoms with Crippen LogP contribution in [0.1, 0.15) is 29.8 Å². The summed E-state index contributed by atoms with van der Waals surface area (Å²) in [7, 11) is 0. The van der Waals surface area contributed by atoms with E-state index in [1.807, 2.05) is 0 Å². The Morgan fingerprint density at radius 2 is 1.95 bits per heavy atom. The average molecular weight is 308 g/mol. The van der Waals surface area contributed by atoms with Gasteiger partial charge in [0, 0.05) is 30.5 Å². The fraction of sp³-hybridized carbons (Fsp3) is 0.286. The number of rotatable bonds is 2. The number of fused-ring (bicyclic) bond motifs is 1. The molecule has 1 aromatic carbocycles. The summed E-state index contributed by atoms with van der Waals surface area (Å²) in [6.07, 6.45) is 2.77. The zero-order valence-corrected chi connectivity index (χ0v) is 11.5. The van der Waals surface area contributed by atoms with E-state index in [4.69, 9.17) is 30.7 Å². The Labute approximate surface area is 124 Å². The van der Waals surface area contributed by atoms with Crippen molar-refractivity contribution in [3.8, 4) is 22.8 Å². The third kappa shape index (κ3) is 1.86. The Bertz CT molecular complexity index is 750. The van der Waals surface area contributed by atoms with Crippen molar-refractivity contribution in [2.24, 2.45) is 0 Å². The molecule has 0 saturated heterocycles. The minimum atomic E-state index is -1.18. The van der Waals surface area contributed by atoms with Crippen molar-refractivity contribution in [1.82, 2.24) is 5.16 Å². The molecule has 1 N–H and O–H groups in total. The van der Waals surface area contributed by atoms with Gasteiger partial charge in [-0.15, -0.1) is 0 Å². The number of hydrogen-bond donors (Lipinski definition) is 1. The molecule has 1 aliphatic heterocycles. The van der Waals surface area contributed by atoms with Crippen molar-refractivity contribution in [2.75, 3.05) is 0 Å². The van der Waals surface area contributed by atoms with Gasteiger partial charge in [-0.2, -0.15) is 0 Å². The third-order valence-corrected chi connectivity index (χ3v) is 4.05. The molecule has 1 spiro atoms. The quantitative estimate of drug-likeness (QED) is 0.916. The standard InChI is InChI=1S/C14H10ClNO5/c15-8-5-11-10(19-14(20-11)2-1-3-14)4-7(8)9-6-12(13(17)18)21-16-9/h4-6H,1-3H2,(H,17,18). The van der Waals surface area contributed by atoms with Crippen molar-refractivity contribution < 1.29 is 23.9 Å². The lowest BCUT2D eigenvalue weighted by Crippen LogP contribution is -2.45. The smallest absolute Gasteiger partial charge is 0.374 e. The predicted octanol–water partition coefficient (Wildman–Crippen LogP) is 3.34. The topological polar surface area (TPSA) is 81.8 Å². The SMILES string of the molecule is O=C(O)c1cc(-c2cc3c(cc2Cl)OC2(CCC2)O3)no1. The van der Waals surface area contributed by atoms with Gasteiger partial charge < -0.3 is 19.1 Å². The molecule has 1 saturated carbocycles. The van der Waals surface area contributed by atoms with Gasteiger partial charge in [0.2, 0.25) is 5.76 Å². The van der Waals surface area contributed by atoms with Gasteiger partial charge in [-0.3, -0.25) is 0 Å². The van der Waals surface area contributed by atoms with Crippen LogP contribution in [0.3, 0.4) is 0 Å². The number of halogens is 1. The van der Waals surface area contributed by atoms with Crippen LogP contribution in [-0.2, 0) is 0 Å². The van der Waals surface area contributed by atoms with Crippen LogP contribution in [0.5, 0.6) is 11.5 Å². The van der Waals surface area contributed by atoms with Crippen molar-refractivity contribution in [2.45, 2.75) is 25.0 Å². The van der Waals surface area contributed by atoms with E-state index in [1.54, 1.807) is 12.1 Å². The minimum absolute atomic E-state index is 0.241. The fourth-order valence-electron chi connectivity index (χ4n) is 2.49. The number of carbonyl (C=O) groups is 1. The molecule has 0 amide bonds. The number of ether oxygens (including phenoxy) is 2. The second-order valence-electron chi connectivity index (χ2n) is 5.13. The van der Waals surface area contributed by atoms with Gasteiger partial charge in [0.25, 0.3) is 5.79 Å².